The number of nitrogens with zero attached hydrogens (tertiary/aromatic N) is 2. The highest BCUT2D eigenvalue weighted by atomic mass is 16.5. The van der Waals surface area contributed by atoms with Crippen molar-refractivity contribution in [3.05, 3.63) is 17.5 Å². The second-order valence-corrected chi connectivity index (χ2v) is 5.51. The van der Waals surface area contributed by atoms with Gasteiger partial charge in [-0.2, -0.15) is 0 Å². The Hall–Kier alpha value is -1.36. The highest BCUT2D eigenvalue weighted by Gasteiger charge is 2.43. The third-order valence-corrected chi connectivity index (χ3v) is 4.07. The molecule has 5 nitrogen and oxygen atoms in total. The van der Waals surface area contributed by atoms with Crippen LogP contribution in [0, 0.1) is 12.8 Å². The van der Waals surface area contributed by atoms with Gasteiger partial charge in [-0.15, -0.1) is 0 Å². The van der Waals surface area contributed by atoms with Gasteiger partial charge in [-0.05, 0) is 26.2 Å². The first-order valence-corrected chi connectivity index (χ1v) is 6.56. The third kappa shape index (κ3) is 2.03. The van der Waals surface area contributed by atoms with Crippen molar-refractivity contribution in [1.82, 2.24) is 15.4 Å². The maximum atomic E-state index is 12.4. The second kappa shape index (κ2) is 4.39. The molecule has 0 radical (unpaired) electrons. The van der Waals surface area contributed by atoms with E-state index in [0.29, 0.717) is 18.6 Å². The number of aryl methyl sites for hydroxylation is 1. The molecule has 5 heteroatoms. The number of amides is 1. The van der Waals surface area contributed by atoms with Crippen LogP contribution in [0.25, 0.3) is 0 Å². The summed E-state index contributed by atoms with van der Waals surface area (Å²) in [7, 11) is 1.85. The zero-order valence-electron chi connectivity index (χ0n) is 10.8. The minimum absolute atomic E-state index is 0.154. The van der Waals surface area contributed by atoms with Crippen LogP contribution in [0.2, 0.25) is 0 Å². The summed E-state index contributed by atoms with van der Waals surface area (Å²) in [6.07, 6.45) is 3.35. The number of rotatable bonds is 3. The predicted molar refractivity (Wildman–Crippen MR) is 65.8 cm³/mol. The summed E-state index contributed by atoms with van der Waals surface area (Å²) < 4.78 is 5.02. The molecule has 2 fully saturated rings. The van der Waals surface area contributed by atoms with Crippen molar-refractivity contribution >= 4 is 5.91 Å². The number of hydrogen-bond donors (Lipinski definition) is 1. The molecule has 1 aromatic rings. The molecule has 2 aliphatic rings. The zero-order chi connectivity index (χ0) is 12.7. The molecule has 1 amide bonds. The lowest BCUT2D eigenvalue weighted by Gasteiger charge is -2.25. The van der Waals surface area contributed by atoms with Crippen LogP contribution >= 0.6 is 0 Å². The van der Waals surface area contributed by atoms with E-state index in [4.69, 9.17) is 4.52 Å². The Balaban J connectivity index is 1.62. The number of aromatic nitrogens is 1. The molecule has 2 bridgehead atoms. The van der Waals surface area contributed by atoms with Crippen LogP contribution in [0.1, 0.15) is 30.7 Å². The zero-order valence-corrected chi connectivity index (χ0v) is 10.8. The fourth-order valence-electron chi connectivity index (χ4n) is 3.19. The van der Waals surface area contributed by atoms with Gasteiger partial charge in [-0.1, -0.05) is 5.16 Å². The molecule has 0 saturated carbocycles. The van der Waals surface area contributed by atoms with Gasteiger partial charge in [0.05, 0.1) is 12.5 Å². The van der Waals surface area contributed by atoms with E-state index < -0.39 is 0 Å². The first kappa shape index (κ1) is 11.7. The van der Waals surface area contributed by atoms with E-state index in [1.165, 1.54) is 6.42 Å². The molecule has 1 aromatic heterocycles. The fourth-order valence-corrected chi connectivity index (χ4v) is 3.19. The van der Waals surface area contributed by atoms with Gasteiger partial charge in [0.1, 0.15) is 11.5 Å². The molecule has 1 N–H and O–H groups in total. The summed E-state index contributed by atoms with van der Waals surface area (Å²) in [6, 6.07) is 2.83. The summed E-state index contributed by atoms with van der Waals surface area (Å²) in [5, 5.41) is 7.43. The van der Waals surface area contributed by atoms with E-state index in [2.05, 4.69) is 10.5 Å². The summed E-state index contributed by atoms with van der Waals surface area (Å²) in [6.45, 7) is 2.39. The summed E-state index contributed by atoms with van der Waals surface area (Å²) in [4.78, 5) is 14.1. The van der Waals surface area contributed by atoms with Crippen LogP contribution in [-0.2, 0) is 11.3 Å². The lowest BCUT2D eigenvalue weighted by Crippen LogP contribution is -2.38. The molecule has 98 valence electrons. The van der Waals surface area contributed by atoms with Gasteiger partial charge >= 0.3 is 0 Å². The van der Waals surface area contributed by atoms with E-state index in [0.717, 1.165) is 24.3 Å². The van der Waals surface area contributed by atoms with Gasteiger partial charge in [-0.25, -0.2) is 0 Å². The molecule has 3 rings (SSSR count). The van der Waals surface area contributed by atoms with Crippen molar-refractivity contribution in [2.24, 2.45) is 5.92 Å². The molecule has 2 saturated heterocycles. The molecule has 0 aliphatic carbocycles. The van der Waals surface area contributed by atoms with E-state index in [9.17, 15) is 4.79 Å². The van der Waals surface area contributed by atoms with Crippen LogP contribution in [0.15, 0.2) is 10.6 Å². The van der Waals surface area contributed by atoms with Gasteiger partial charge in [0, 0.05) is 25.2 Å². The Kier molecular flexibility index (Phi) is 2.86. The van der Waals surface area contributed by atoms with Crippen LogP contribution in [0.5, 0.6) is 0 Å². The number of fused-ring (bicyclic) bond motifs is 2. The fraction of sp³-hybridized carbons (Fsp3) is 0.692. The van der Waals surface area contributed by atoms with E-state index in [-0.39, 0.29) is 11.8 Å². The normalized spacial score (nSPS) is 29.8. The first-order chi connectivity index (χ1) is 8.63. The lowest BCUT2D eigenvalue weighted by molar-refractivity contribution is -0.135. The maximum Gasteiger partial charge on any atom is 0.227 e. The molecule has 2 aliphatic heterocycles. The molecule has 3 unspecified atom stereocenters. The highest BCUT2D eigenvalue weighted by Crippen LogP contribution is 2.34. The number of hydrogen-bond acceptors (Lipinski definition) is 4. The average molecular weight is 249 g/mol. The Labute approximate surface area is 107 Å². The Morgan fingerprint density at radius 2 is 2.44 bits per heavy atom. The molecule has 18 heavy (non-hydrogen) atoms. The summed E-state index contributed by atoms with van der Waals surface area (Å²) in [5.41, 5.74) is 0.819. The van der Waals surface area contributed by atoms with Crippen molar-refractivity contribution in [3.8, 4) is 0 Å². The first-order valence-electron chi connectivity index (χ1n) is 6.56. The average Bonchev–Trinajstić information content (AvgIpc) is 3.04. The quantitative estimate of drug-likeness (QED) is 0.871. The maximum absolute atomic E-state index is 12.4. The molecule has 3 heterocycles. The summed E-state index contributed by atoms with van der Waals surface area (Å²) >= 11 is 0. The van der Waals surface area contributed by atoms with Gasteiger partial charge in [0.2, 0.25) is 5.91 Å². The third-order valence-electron chi connectivity index (χ3n) is 4.07. The molecule has 0 spiro atoms. The van der Waals surface area contributed by atoms with Crippen molar-refractivity contribution in [2.75, 3.05) is 7.05 Å². The van der Waals surface area contributed by atoms with Crippen molar-refractivity contribution < 1.29 is 9.32 Å². The second-order valence-electron chi connectivity index (χ2n) is 5.51. The number of nitrogens with one attached hydrogen (secondary N) is 1. The Morgan fingerprint density at radius 3 is 3.00 bits per heavy atom. The van der Waals surface area contributed by atoms with Crippen molar-refractivity contribution in [2.45, 2.75) is 44.8 Å². The van der Waals surface area contributed by atoms with Gasteiger partial charge in [0.25, 0.3) is 0 Å². The van der Waals surface area contributed by atoms with E-state index in [1.54, 1.807) is 4.90 Å². The monoisotopic (exact) mass is 249 g/mol. The van der Waals surface area contributed by atoms with Gasteiger partial charge in [0.15, 0.2) is 0 Å². The molecular weight excluding hydrogens is 230 g/mol. The molecular formula is C13H19N3O2. The Morgan fingerprint density at radius 1 is 1.61 bits per heavy atom. The predicted octanol–water partition coefficient (Wildman–Crippen LogP) is 1.08. The number of carbonyl (C=O) groups is 1. The van der Waals surface area contributed by atoms with Gasteiger partial charge < -0.3 is 14.7 Å². The van der Waals surface area contributed by atoms with Crippen molar-refractivity contribution in [1.29, 1.82) is 0 Å². The smallest absolute Gasteiger partial charge is 0.227 e. The minimum Gasteiger partial charge on any atom is -0.361 e. The van der Waals surface area contributed by atoms with Crippen molar-refractivity contribution in [3.63, 3.8) is 0 Å². The van der Waals surface area contributed by atoms with E-state index >= 15 is 0 Å². The molecule has 3 atom stereocenters. The van der Waals surface area contributed by atoms with Crippen LogP contribution < -0.4 is 5.32 Å². The SMILES string of the molecule is Cc1cc(CN(C)C(=O)C2CC3CCC2N3)no1. The Bertz CT molecular complexity index is 457. The highest BCUT2D eigenvalue weighted by molar-refractivity contribution is 5.80. The lowest BCUT2D eigenvalue weighted by atomic mass is 9.88. The summed E-state index contributed by atoms with van der Waals surface area (Å²) in [5.74, 6) is 1.17. The molecule has 0 aromatic carbocycles. The van der Waals surface area contributed by atoms with E-state index in [1.807, 2.05) is 20.0 Å². The topological polar surface area (TPSA) is 58.4 Å². The standard InChI is InChI=1S/C13H19N3O2/c1-8-5-10(15-18-8)7-16(2)13(17)11-6-9-3-4-12(11)14-9/h5,9,11-12,14H,3-4,6-7H2,1-2H3. The number of carbonyl (C=O) groups excluding carboxylic acids is 1. The largest absolute Gasteiger partial charge is 0.361 e. The van der Waals surface area contributed by atoms with Crippen LogP contribution in [0.3, 0.4) is 0 Å². The van der Waals surface area contributed by atoms with Crippen LogP contribution in [0.4, 0.5) is 0 Å². The van der Waals surface area contributed by atoms with Gasteiger partial charge in [-0.3, -0.25) is 4.79 Å². The minimum atomic E-state index is 0.154. The van der Waals surface area contributed by atoms with Crippen LogP contribution in [-0.4, -0.2) is 35.1 Å².